The third-order valence-corrected chi connectivity index (χ3v) is 4.15. The highest BCUT2D eigenvalue weighted by Crippen LogP contribution is 2.23. The Hall–Kier alpha value is -0.640. The molecule has 1 amide bonds. The second kappa shape index (κ2) is 6.34. The van der Waals surface area contributed by atoms with E-state index in [2.05, 4.69) is 5.32 Å². The molecule has 1 aliphatic rings. The first-order valence-electron chi connectivity index (χ1n) is 6.51. The van der Waals surface area contributed by atoms with E-state index in [-0.39, 0.29) is 17.2 Å². The van der Waals surface area contributed by atoms with Crippen LogP contribution in [0.1, 0.15) is 52.4 Å². The summed E-state index contributed by atoms with van der Waals surface area (Å²) in [6.45, 7) is 4.46. The van der Waals surface area contributed by atoms with E-state index in [4.69, 9.17) is 18.0 Å². The van der Waals surface area contributed by atoms with Gasteiger partial charge in [0.05, 0.1) is 4.99 Å². The van der Waals surface area contributed by atoms with Gasteiger partial charge >= 0.3 is 0 Å². The van der Waals surface area contributed by atoms with E-state index in [9.17, 15) is 4.79 Å². The van der Waals surface area contributed by atoms with Crippen LogP contribution in [-0.4, -0.2) is 17.4 Å². The molecule has 0 spiro atoms. The number of carbonyl (C=O) groups excluding carboxylic acids is 1. The molecule has 1 rings (SSSR count). The fraction of sp³-hybridized carbons (Fsp3) is 0.846. The predicted molar refractivity (Wildman–Crippen MR) is 74.8 cm³/mol. The number of nitrogens with one attached hydrogen (secondary N) is 1. The molecule has 17 heavy (non-hydrogen) atoms. The van der Waals surface area contributed by atoms with Crippen molar-refractivity contribution in [3.05, 3.63) is 0 Å². The Labute approximate surface area is 110 Å². The van der Waals surface area contributed by atoms with E-state index in [1.165, 1.54) is 25.7 Å². The van der Waals surface area contributed by atoms with E-state index in [0.29, 0.717) is 11.5 Å². The van der Waals surface area contributed by atoms with Crippen LogP contribution in [0.25, 0.3) is 0 Å². The van der Waals surface area contributed by atoms with Crippen molar-refractivity contribution in [1.29, 1.82) is 0 Å². The maximum absolute atomic E-state index is 12.0. The summed E-state index contributed by atoms with van der Waals surface area (Å²) < 4.78 is 0. The van der Waals surface area contributed by atoms with Gasteiger partial charge in [-0.25, -0.2) is 0 Å². The van der Waals surface area contributed by atoms with Crippen molar-refractivity contribution >= 4 is 23.1 Å². The molecule has 0 bridgehead atoms. The SMILES string of the molecule is CC(C)(CNC(=O)C1CCCCCC1)C(N)=S. The van der Waals surface area contributed by atoms with E-state index in [0.717, 1.165) is 12.8 Å². The molecule has 1 saturated carbocycles. The van der Waals surface area contributed by atoms with Gasteiger partial charge in [0.25, 0.3) is 0 Å². The lowest BCUT2D eigenvalue weighted by molar-refractivity contribution is -0.125. The van der Waals surface area contributed by atoms with Crippen LogP contribution in [0, 0.1) is 11.3 Å². The van der Waals surface area contributed by atoms with Crippen molar-refractivity contribution in [2.75, 3.05) is 6.54 Å². The van der Waals surface area contributed by atoms with Gasteiger partial charge in [-0.3, -0.25) is 4.79 Å². The first-order chi connectivity index (χ1) is 7.93. The third-order valence-electron chi connectivity index (χ3n) is 3.60. The van der Waals surface area contributed by atoms with Crippen LogP contribution in [0.2, 0.25) is 0 Å². The third kappa shape index (κ3) is 4.62. The molecular formula is C13H24N2OS. The van der Waals surface area contributed by atoms with Crippen LogP contribution in [0.3, 0.4) is 0 Å². The highest BCUT2D eigenvalue weighted by Gasteiger charge is 2.25. The van der Waals surface area contributed by atoms with E-state index in [1.807, 2.05) is 13.8 Å². The average molecular weight is 256 g/mol. The Kier molecular flexibility index (Phi) is 5.37. The zero-order valence-corrected chi connectivity index (χ0v) is 11.7. The first-order valence-corrected chi connectivity index (χ1v) is 6.92. The number of hydrogen-bond donors (Lipinski definition) is 2. The summed E-state index contributed by atoms with van der Waals surface area (Å²) in [6, 6.07) is 0. The molecule has 0 saturated heterocycles. The topological polar surface area (TPSA) is 55.1 Å². The lowest BCUT2D eigenvalue weighted by Gasteiger charge is -2.24. The minimum atomic E-state index is -0.296. The molecule has 3 nitrogen and oxygen atoms in total. The fourth-order valence-electron chi connectivity index (χ4n) is 2.08. The number of nitrogens with two attached hydrogens (primary N) is 1. The molecule has 3 N–H and O–H groups in total. The first kappa shape index (κ1) is 14.4. The molecule has 4 heteroatoms. The summed E-state index contributed by atoms with van der Waals surface area (Å²) in [5, 5.41) is 3.00. The monoisotopic (exact) mass is 256 g/mol. The number of carbonyl (C=O) groups is 1. The van der Waals surface area contributed by atoms with Crippen molar-refractivity contribution in [2.24, 2.45) is 17.1 Å². The molecule has 0 aromatic carbocycles. The molecular weight excluding hydrogens is 232 g/mol. The van der Waals surface area contributed by atoms with E-state index in [1.54, 1.807) is 0 Å². The number of thiocarbonyl (C=S) groups is 1. The maximum Gasteiger partial charge on any atom is 0.223 e. The number of amides is 1. The fourth-order valence-corrected chi connectivity index (χ4v) is 2.15. The summed E-state index contributed by atoms with van der Waals surface area (Å²) in [5.74, 6) is 0.371. The van der Waals surface area contributed by atoms with Gasteiger partial charge in [0.15, 0.2) is 0 Å². The van der Waals surface area contributed by atoms with Gasteiger partial charge in [0.2, 0.25) is 5.91 Å². The van der Waals surface area contributed by atoms with Crippen molar-refractivity contribution in [2.45, 2.75) is 52.4 Å². The molecule has 0 radical (unpaired) electrons. The number of hydrogen-bond acceptors (Lipinski definition) is 2. The Balaban J connectivity index is 2.40. The summed E-state index contributed by atoms with van der Waals surface area (Å²) in [7, 11) is 0. The summed E-state index contributed by atoms with van der Waals surface area (Å²) in [4.78, 5) is 12.5. The number of rotatable bonds is 4. The van der Waals surface area contributed by atoms with Crippen molar-refractivity contribution in [3.8, 4) is 0 Å². The van der Waals surface area contributed by atoms with Crippen LogP contribution in [0.4, 0.5) is 0 Å². The maximum atomic E-state index is 12.0. The zero-order chi connectivity index (χ0) is 12.9. The molecule has 1 fully saturated rings. The van der Waals surface area contributed by atoms with E-state index >= 15 is 0 Å². The Morgan fingerprint density at radius 3 is 2.29 bits per heavy atom. The van der Waals surface area contributed by atoms with E-state index < -0.39 is 0 Å². The summed E-state index contributed by atoms with van der Waals surface area (Å²) in [6.07, 6.45) is 6.94. The van der Waals surface area contributed by atoms with Crippen LogP contribution in [0.15, 0.2) is 0 Å². The summed E-state index contributed by atoms with van der Waals surface area (Å²) in [5.41, 5.74) is 5.34. The van der Waals surface area contributed by atoms with Crippen molar-refractivity contribution < 1.29 is 4.79 Å². The molecule has 0 heterocycles. The Bertz CT molecular complexity index is 281. The van der Waals surface area contributed by atoms with Gasteiger partial charge < -0.3 is 11.1 Å². The molecule has 0 aromatic heterocycles. The Morgan fingerprint density at radius 2 is 1.82 bits per heavy atom. The Morgan fingerprint density at radius 1 is 1.29 bits per heavy atom. The smallest absolute Gasteiger partial charge is 0.223 e. The minimum Gasteiger partial charge on any atom is -0.393 e. The second-order valence-corrected chi connectivity index (χ2v) is 6.09. The van der Waals surface area contributed by atoms with Crippen LogP contribution in [-0.2, 0) is 4.79 Å². The van der Waals surface area contributed by atoms with Gasteiger partial charge in [0, 0.05) is 17.9 Å². The average Bonchev–Trinajstić information content (AvgIpc) is 2.54. The lowest BCUT2D eigenvalue weighted by atomic mass is 9.92. The van der Waals surface area contributed by atoms with Gasteiger partial charge in [-0.1, -0.05) is 51.7 Å². The zero-order valence-electron chi connectivity index (χ0n) is 10.9. The molecule has 0 aromatic rings. The predicted octanol–water partition coefficient (Wildman–Crippen LogP) is 2.39. The van der Waals surface area contributed by atoms with Gasteiger partial charge in [-0.15, -0.1) is 0 Å². The van der Waals surface area contributed by atoms with Crippen LogP contribution in [0.5, 0.6) is 0 Å². The normalized spacial score (nSPS) is 18.5. The minimum absolute atomic E-state index is 0.177. The molecule has 0 atom stereocenters. The molecule has 0 unspecified atom stereocenters. The largest absolute Gasteiger partial charge is 0.393 e. The van der Waals surface area contributed by atoms with Crippen molar-refractivity contribution in [1.82, 2.24) is 5.32 Å². The van der Waals surface area contributed by atoms with Gasteiger partial charge in [-0.2, -0.15) is 0 Å². The molecule has 0 aliphatic heterocycles. The molecule has 98 valence electrons. The lowest BCUT2D eigenvalue weighted by Crippen LogP contribution is -2.43. The summed E-state index contributed by atoms with van der Waals surface area (Å²) >= 11 is 4.99. The highest BCUT2D eigenvalue weighted by atomic mass is 32.1. The van der Waals surface area contributed by atoms with Crippen molar-refractivity contribution in [3.63, 3.8) is 0 Å². The van der Waals surface area contributed by atoms with Crippen LogP contribution >= 0.6 is 12.2 Å². The molecule has 1 aliphatic carbocycles. The highest BCUT2D eigenvalue weighted by molar-refractivity contribution is 7.80. The van der Waals surface area contributed by atoms with Gasteiger partial charge in [-0.05, 0) is 12.8 Å². The second-order valence-electron chi connectivity index (χ2n) is 5.65. The quantitative estimate of drug-likeness (QED) is 0.600. The standard InChI is InChI=1S/C13H24N2OS/c1-13(2,12(14)17)9-15-11(16)10-7-5-3-4-6-8-10/h10H,3-9H2,1-2H3,(H2,14,17)(H,15,16). The van der Waals surface area contributed by atoms with Crippen LogP contribution < -0.4 is 11.1 Å². The van der Waals surface area contributed by atoms with Gasteiger partial charge in [0.1, 0.15) is 0 Å².